The summed E-state index contributed by atoms with van der Waals surface area (Å²) in [6.45, 7) is 1.76. The summed E-state index contributed by atoms with van der Waals surface area (Å²) in [5.74, 6) is -0.383. The van der Waals surface area contributed by atoms with E-state index in [1.54, 1.807) is 74.3 Å². The maximum atomic E-state index is 12.9. The molecule has 0 aliphatic heterocycles. The molecule has 0 aliphatic carbocycles. The number of nitrogens with one attached hydrogen (secondary N) is 1. The third-order valence-corrected chi connectivity index (χ3v) is 4.38. The Hall–Kier alpha value is -3.61. The minimum atomic E-state index is -1.10. The van der Waals surface area contributed by atoms with Gasteiger partial charge in [-0.2, -0.15) is 5.10 Å². The third kappa shape index (κ3) is 4.20. The number of methoxy groups -OCH3 is 1. The van der Waals surface area contributed by atoms with Crippen molar-refractivity contribution in [2.75, 3.05) is 12.4 Å². The van der Waals surface area contributed by atoms with E-state index in [-0.39, 0.29) is 0 Å². The van der Waals surface area contributed by atoms with E-state index in [1.807, 2.05) is 6.07 Å². The van der Waals surface area contributed by atoms with Gasteiger partial charge >= 0.3 is 5.97 Å². The van der Waals surface area contributed by atoms with Gasteiger partial charge in [-0.15, -0.1) is 0 Å². The lowest BCUT2D eigenvalue weighted by atomic mass is 10.1. The Morgan fingerprint density at radius 2 is 1.75 bits per heavy atom. The van der Waals surface area contributed by atoms with E-state index < -0.39 is 18.0 Å². The molecule has 1 atom stereocenters. The molecule has 1 unspecified atom stereocenters. The third-order valence-electron chi connectivity index (χ3n) is 4.38. The molecule has 28 heavy (non-hydrogen) atoms. The number of benzene rings is 2. The van der Waals surface area contributed by atoms with Gasteiger partial charge in [-0.3, -0.25) is 9.48 Å². The molecule has 0 spiro atoms. The summed E-state index contributed by atoms with van der Waals surface area (Å²) < 4.78 is 12.3. The second-order valence-corrected chi connectivity index (χ2v) is 6.18. The van der Waals surface area contributed by atoms with Crippen LogP contribution in [-0.2, 0) is 16.6 Å². The van der Waals surface area contributed by atoms with Crippen molar-refractivity contribution < 1.29 is 19.1 Å². The van der Waals surface area contributed by atoms with Gasteiger partial charge in [0.1, 0.15) is 11.3 Å². The lowest BCUT2D eigenvalue weighted by Crippen LogP contribution is -2.26. The van der Waals surface area contributed by atoms with Gasteiger partial charge in [0, 0.05) is 24.0 Å². The molecule has 0 bridgehead atoms. The molecule has 2 aromatic carbocycles. The van der Waals surface area contributed by atoms with Crippen LogP contribution in [0.5, 0.6) is 5.75 Å². The van der Waals surface area contributed by atoms with Gasteiger partial charge in [0.15, 0.2) is 0 Å². The predicted molar refractivity (Wildman–Crippen MR) is 104 cm³/mol. The predicted octanol–water partition coefficient (Wildman–Crippen LogP) is 3.27. The first-order chi connectivity index (χ1) is 13.5. The largest absolute Gasteiger partial charge is 0.497 e. The molecule has 3 rings (SSSR count). The summed E-state index contributed by atoms with van der Waals surface area (Å²) in [7, 11) is 3.30. The molecular weight excluding hydrogens is 358 g/mol. The van der Waals surface area contributed by atoms with Crippen molar-refractivity contribution in [3.63, 3.8) is 0 Å². The molecule has 1 amide bonds. The molecule has 1 aromatic heterocycles. The van der Waals surface area contributed by atoms with Crippen molar-refractivity contribution in [2.24, 2.45) is 7.05 Å². The highest BCUT2D eigenvalue weighted by atomic mass is 16.5. The van der Waals surface area contributed by atoms with Crippen LogP contribution >= 0.6 is 0 Å². The van der Waals surface area contributed by atoms with Crippen molar-refractivity contribution in [2.45, 2.75) is 13.0 Å². The number of carbonyl (C=O) groups is 2. The van der Waals surface area contributed by atoms with Crippen molar-refractivity contribution in [1.82, 2.24) is 9.78 Å². The number of hydrogen-bond donors (Lipinski definition) is 1. The monoisotopic (exact) mass is 379 g/mol. The van der Waals surface area contributed by atoms with E-state index in [0.717, 1.165) is 0 Å². The highest BCUT2D eigenvalue weighted by Crippen LogP contribution is 2.23. The van der Waals surface area contributed by atoms with Crippen LogP contribution < -0.4 is 10.1 Å². The maximum absolute atomic E-state index is 12.9. The van der Waals surface area contributed by atoms with E-state index in [4.69, 9.17) is 9.47 Å². The fourth-order valence-electron chi connectivity index (χ4n) is 2.65. The van der Waals surface area contributed by atoms with E-state index in [9.17, 15) is 9.59 Å². The standard InChI is InChI=1S/C21H21N3O4/c1-14-18(13-22-24(14)2)21(26)28-19(15-7-5-4-6-8-15)20(25)23-16-9-11-17(27-3)12-10-16/h4-13,19H,1-3H3,(H,23,25). The summed E-state index contributed by atoms with van der Waals surface area (Å²) >= 11 is 0. The van der Waals surface area contributed by atoms with Crippen LogP contribution in [0, 0.1) is 6.92 Å². The summed E-state index contributed by atoms with van der Waals surface area (Å²) in [6, 6.07) is 15.8. The normalized spacial score (nSPS) is 11.5. The SMILES string of the molecule is COc1ccc(NC(=O)C(OC(=O)c2cnn(C)c2C)c2ccccc2)cc1. The Bertz CT molecular complexity index is 965. The molecule has 144 valence electrons. The zero-order chi connectivity index (χ0) is 20.1. The second-order valence-electron chi connectivity index (χ2n) is 6.18. The minimum absolute atomic E-state index is 0.320. The quantitative estimate of drug-likeness (QED) is 0.665. The van der Waals surface area contributed by atoms with Crippen molar-refractivity contribution in [1.29, 1.82) is 0 Å². The lowest BCUT2D eigenvalue weighted by Gasteiger charge is -2.18. The van der Waals surface area contributed by atoms with Crippen LogP contribution in [0.2, 0.25) is 0 Å². The summed E-state index contributed by atoms with van der Waals surface area (Å²) in [4.78, 5) is 25.5. The molecule has 3 aromatic rings. The molecule has 0 saturated carbocycles. The van der Waals surface area contributed by atoms with Crippen LogP contribution in [0.15, 0.2) is 60.8 Å². The first kappa shape index (κ1) is 19.2. The van der Waals surface area contributed by atoms with E-state index in [2.05, 4.69) is 10.4 Å². The first-order valence-corrected chi connectivity index (χ1v) is 8.69. The van der Waals surface area contributed by atoms with Gasteiger partial charge in [0.25, 0.3) is 5.91 Å². The highest BCUT2D eigenvalue weighted by Gasteiger charge is 2.27. The Kier molecular flexibility index (Phi) is 5.74. The van der Waals surface area contributed by atoms with Gasteiger partial charge in [0.2, 0.25) is 6.10 Å². The number of hydrogen-bond acceptors (Lipinski definition) is 5. The van der Waals surface area contributed by atoms with Crippen LogP contribution in [0.4, 0.5) is 5.69 Å². The molecule has 0 saturated heterocycles. The number of esters is 1. The van der Waals surface area contributed by atoms with Crippen molar-refractivity contribution >= 4 is 17.6 Å². The zero-order valence-electron chi connectivity index (χ0n) is 15.9. The fraction of sp³-hybridized carbons (Fsp3) is 0.190. The van der Waals surface area contributed by atoms with Gasteiger partial charge in [-0.25, -0.2) is 4.79 Å². The number of ether oxygens (including phenoxy) is 2. The van der Waals surface area contributed by atoms with Crippen LogP contribution in [0.1, 0.15) is 27.7 Å². The Morgan fingerprint density at radius 1 is 1.07 bits per heavy atom. The highest BCUT2D eigenvalue weighted by molar-refractivity contribution is 5.98. The molecule has 1 N–H and O–H groups in total. The molecule has 7 heteroatoms. The molecule has 7 nitrogen and oxygen atoms in total. The van der Waals surface area contributed by atoms with Crippen LogP contribution in [0.3, 0.4) is 0 Å². The summed E-state index contributed by atoms with van der Waals surface area (Å²) in [5, 5.41) is 6.83. The first-order valence-electron chi connectivity index (χ1n) is 8.69. The molecule has 0 aliphatic rings. The van der Waals surface area contributed by atoms with Crippen LogP contribution in [-0.4, -0.2) is 28.8 Å². The zero-order valence-corrected chi connectivity index (χ0v) is 15.9. The fourth-order valence-corrected chi connectivity index (χ4v) is 2.65. The van der Waals surface area contributed by atoms with Crippen LogP contribution in [0.25, 0.3) is 0 Å². The number of aryl methyl sites for hydroxylation is 1. The Balaban J connectivity index is 1.83. The summed E-state index contributed by atoms with van der Waals surface area (Å²) in [6.07, 6.45) is 0.330. The average molecular weight is 379 g/mol. The minimum Gasteiger partial charge on any atom is -0.497 e. The Labute approximate surface area is 162 Å². The maximum Gasteiger partial charge on any atom is 0.342 e. The Morgan fingerprint density at radius 3 is 2.32 bits per heavy atom. The molecular formula is C21H21N3O4. The second kappa shape index (κ2) is 8.39. The molecule has 1 heterocycles. The van der Waals surface area contributed by atoms with Gasteiger partial charge in [0.05, 0.1) is 13.3 Å². The number of rotatable bonds is 6. The lowest BCUT2D eigenvalue weighted by molar-refractivity contribution is -0.125. The van der Waals surface area contributed by atoms with E-state index in [1.165, 1.54) is 6.20 Å². The van der Waals surface area contributed by atoms with Gasteiger partial charge < -0.3 is 14.8 Å². The van der Waals surface area contributed by atoms with Crippen molar-refractivity contribution in [3.05, 3.63) is 77.6 Å². The number of nitrogens with zero attached hydrogens (tertiary/aromatic N) is 2. The average Bonchev–Trinajstić information content (AvgIpc) is 3.06. The number of aromatic nitrogens is 2. The van der Waals surface area contributed by atoms with Gasteiger partial charge in [-0.1, -0.05) is 30.3 Å². The number of carbonyl (C=O) groups excluding carboxylic acids is 2. The smallest absolute Gasteiger partial charge is 0.342 e. The number of amides is 1. The van der Waals surface area contributed by atoms with Crippen molar-refractivity contribution in [3.8, 4) is 5.75 Å². The van der Waals surface area contributed by atoms with E-state index in [0.29, 0.717) is 28.3 Å². The number of anilines is 1. The topological polar surface area (TPSA) is 82.4 Å². The summed E-state index contributed by atoms with van der Waals surface area (Å²) in [5.41, 5.74) is 2.12. The van der Waals surface area contributed by atoms with Gasteiger partial charge in [-0.05, 0) is 31.2 Å². The molecule has 0 fully saturated rings. The molecule has 0 radical (unpaired) electrons. The van der Waals surface area contributed by atoms with E-state index >= 15 is 0 Å².